The smallest absolute Gasteiger partial charge is 0.274 e. The lowest BCUT2D eigenvalue weighted by atomic mass is 10.0. The summed E-state index contributed by atoms with van der Waals surface area (Å²) in [6.07, 6.45) is 6.34. The van der Waals surface area contributed by atoms with Crippen LogP contribution < -0.4 is 5.32 Å². The van der Waals surface area contributed by atoms with Gasteiger partial charge in [-0.1, -0.05) is 24.6 Å². The third kappa shape index (κ3) is 4.60. The molecule has 2 amide bonds. The summed E-state index contributed by atoms with van der Waals surface area (Å²) in [6, 6.07) is 15.5. The molecule has 2 aromatic carbocycles. The van der Waals surface area contributed by atoms with Crippen LogP contribution in [-0.2, 0) is 12.8 Å². The number of amides is 2. The molecule has 34 heavy (non-hydrogen) atoms. The lowest BCUT2D eigenvalue weighted by molar-refractivity contribution is 0.0691. The van der Waals surface area contributed by atoms with Gasteiger partial charge in [-0.2, -0.15) is 5.10 Å². The van der Waals surface area contributed by atoms with Crippen molar-refractivity contribution >= 4 is 11.8 Å². The van der Waals surface area contributed by atoms with Crippen LogP contribution in [0.4, 0.5) is 4.39 Å². The molecule has 0 unspecified atom stereocenters. The van der Waals surface area contributed by atoms with Gasteiger partial charge < -0.3 is 10.2 Å². The van der Waals surface area contributed by atoms with Gasteiger partial charge in [-0.15, -0.1) is 0 Å². The first kappa shape index (κ1) is 22.3. The van der Waals surface area contributed by atoms with Crippen LogP contribution in [0, 0.1) is 5.82 Å². The Balaban J connectivity index is 1.31. The molecule has 7 heteroatoms. The first-order chi connectivity index (χ1) is 16.6. The largest absolute Gasteiger partial charge is 0.349 e. The average molecular weight is 461 g/mol. The van der Waals surface area contributed by atoms with Crippen molar-refractivity contribution in [3.05, 3.63) is 82.9 Å². The van der Waals surface area contributed by atoms with Crippen molar-refractivity contribution in [2.45, 2.75) is 51.0 Å². The second-order valence-corrected chi connectivity index (χ2v) is 9.13. The van der Waals surface area contributed by atoms with Crippen molar-refractivity contribution in [3.8, 4) is 5.69 Å². The molecule has 0 radical (unpaired) electrons. The highest BCUT2D eigenvalue weighted by molar-refractivity contribution is 5.95. The summed E-state index contributed by atoms with van der Waals surface area (Å²) in [5.74, 6) is -0.416. The number of fused-ring (bicyclic) bond motifs is 1. The summed E-state index contributed by atoms with van der Waals surface area (Å²) in [5.41, 5.74) is 4.05. The summed E-state index contributed by atoms with van der Waals surface area (Å²) in [5, 5.41) is 7.84. The first-order valence-electron chi connectivity index (χ1n) is 12.1. The monoisotopic (exact) mass is 460 g/mol. The second kappa shape index (κ2) is 9.79. The number of nitrogens with zero attached hydrogens (tertiary/aromatic N) is 3. The van der Waals surface area contributed by atoms with Crippen LogP contribution in [0.1, 0.15) is 64.2 Å². The first-order valence-corrected chi connectivity index (χ1v) is 12.1. The van der Waals surface area contributed by atoms with Crippen LogP contribution in [-0.4, -0.2) is 45.6 Å². The van der Waals surface area contributed by atoms with Crippen molar-refractivity contribution in [2.75, 3.05) is 13.1 Å². The number of nitrogens with one attached hydrogen (secondary N) is 1. The van der Waals surface area contributed by atoms with Gasteiger partial charge in [0.25, 0.3) is 11.8 Å². The maximum Gasteiger partial charge on any atom is 0.274 e. The maximum atomic E-state index is 13.5. The molecule has 1 fully saturated rings. The third-order valence-electron chi connectivity index (χ3n) is 6.86. The quantitative estimate of drug-likeness (QED) is 0.590. The van der Waals surface area contributed by atoms with E-state index in [1.807, 2.05) is 27.8 Å². The van der Waals surface area contributed by atoms with Crippen LogP contribution in [0.15, 0.2) is 54.6 Å². The molecule has 0 saturated carbocycles. The summed E-state index contributed by atoms with van der Waals surface area (Å²) < 4.78 is 15.3. The fourth-order valence-electron chi connectivity index (χ4n) is 4.98. The molecule has 0 spiro atoms. The molecule has 2 aliphatic rings. The number of carbonyl (C=O) groups excluding carboxylic acids is 2. The Labute approximate surface area is 198 Å². The summed E-state index contributed by atoms with van der Waals surface area (Å²) in [6.45, 7) is 1.16. The zero-order valence-electron chi connectivity index (χ0n) is 19.2. The number of piperidine rings is 1. The van der Waals surface area contributed by atoms with E-state index in [2.05, 4.69) is 5.32 Å². The van der Waals surface area contributed by atoms with Gasteiger partial charge in [-0.25, -0.2) is 9.07 Å². The number of hydrogen-bond donors (Lipinski definition) is 1. The van der Waals surface area contributed by atoms with Gasteiger partial charge in [0.1, 0.15) is 5.82 Å². The fraction of sp³-hybridized carbons (Fsp3) is 0.370. The number of hydrogen-bond acceptors (Lipinski definition) is 3. The third-order valence-corrected chi connectivity index (χ3v) is 6.86. The lowest BCUT2D eigenvalue weighted by Crippen LogP contribution is -2.46. The van der Waals surface area contributed by atoms with Gasteiger partial charge >= 0.3 is 0 Å². The van der Waals surface area contributed by atoms with Gasteiger partial charge in [0.2, 0.25) is 0 Å². The standard InChI is InChI=1S/C27H29FN4O2/c28-20-11-13-22(14-12-20)32-24-10-6-2-5-9-23(24)25(30-32)27(34)31-17-15-21(16-18-31)29-26(33)19-7-3-1-4-8-19/h1,3-4,7-8,11-14,21H,2,5-6,9-10,15-18H2,(H,29,33). The molecule has 1 saturated heterocycles. The predicted molar refractivity (Wildman–Crippen MR) is 128 cm³/mol. The fourth-order valence-corrected chi connectivity index (χ4v) is 4.98. The number of aromatic nitrogens is 2. The Kier molecular flexibility index (Phi) is 6.43. The van der Waals surface area contributed by atoms with E-state index in [1.165, 1.54) is 12.1 Å². The number of rotatable bonds is 4. The Morgan fingerprint density at radius 3 is 2.35 bits per heavy atom. The Hall–Kier alpha value is -3.48. The zero-order valence-corrected chi connectivity index (χ0v) is 19.2. The molecule has 1 aliphatic heterocycles. The highest BCUT2D eigenvalue weighted by Crippen LogP contribution is 2.28. The Morgan fingerprint density at radius 1 is 0.912 bits per heavy atom. The van der Waals surface area contributed by atoms with Crippen LogP contribution in [0.25, 0.3) is 5.69 Å². The van der Waals surface area contributed by atoms with Crippen molar-refractivity contribution in [1.29, 1.82) is 0 Å². The number of likely N-dealkylation sites (tertiary alicyclic amines) is 1. The van der Waals surface area contributed by atoms with Gasteiger partial charge in [-0.3, -0.25) is 9.59 Å². The van der Waals surface area contributed by atoms with Crippen LogP contribution in [0.3, 0.4) is 0 Å². The summed E-state index contributed by atoms with van der Waals surface area (Å²) in [4.78, 5) is 27.9. The van der Waals surface area contributed by atoms with Crippen LogP contribution in [0.5, 0.6) is 0 Å². The molecule has 1 aliphatic carbocycles. The molecular weight excluding hydrogens is 431 g/mol. The van der Waals surface area contributed by atoms with E-state index in [0.717, 1.165) is 49.0 Å². The van der Waals surface area contributed by atoms with E-state index in [9.17, 15) is 14.0 Å². The van der Waals surface area contributed by atoms with E-state index in [4.69, 9.17) is 5.10 Å². The molecule has 3 aromatic rings. The lowest BCUT2D eigenvalue weighted by Gasteiger charge is -2.32. The molecule has 1 aromatic heterocycles. The van der Waals surface area contributed by atoms with E-state index in [0.29, 0.717) is 37.2 Å². The molecule has 1 N–H and O–H groups in total. The van der Waals surface area contributed by atoms with Gasteiger partial charge in [0.05, 0.1) is 5.69 Å². The van der Waals surface area contributed by atoms with E-state index in [1.54, 1.807) is 24.3 Å². The van der Waals surface area contributed by atoms with Crippen LogP contribution in [0.2, 0.25) is 0 Å². The van der Waals surface area contributed by atoms with E-state index >= 15 is 0 Å². The SMILES string of the molecule is O=C(NC1CCN(C(=O)c2nn(-c3ccc(F)cc3)c3c2CCCCC3)CC1)c1ccccc1. The topological polar surface area (TPSA) is 67.2 Å². The summed E-state index contributed by atoms with van der Waals surface area (Å²) in [7, 11) is 0. The van der Waals surface area contributed by atoms with Gasteiger partial charge in [0.15, 0.2) is 5.69 Å². The molecule has 0 bridgehead atoms. The van der Waals surface area contributed by atoms with Crippen molar-refractivity contribution < 1.29 is 14.0 Å². The highest BCUT2D eigenvalue weighted by Gasteiger charge is 2.30. The zero-order chi connectivity index (χ0) is 23.5. The molecule has 2 heterocycles. The van der Waals surface area contributed by atoms with Crippen molar-refractivity contribution in [3.63, 3.8) is 0 Å². The minimum Gasteiger partial charge on any atom is -0.349 e. The van der Waals surface area contributed by atoms with Crippen LogP contribution >= 0.6 is 0 Å². The number of carbonyl (C=O) groups is 2. The molecule has 6 nitrogen and oxygen atoms in total. The van der Waals surface area contributed by atoms with Gasteiger partial charge in [-0.05, 0) is 74.9 Å². The number of halogens is 1. The van der Waals surface area contributed by atoms with Crippen molar-refractivity contribution in [1.82, 2.24) is 20.0 Å². The molecule has 5 rings (SSSR count). The van der Waals surface area contributed by atoms with Gasteiger partial charge in [0, 0.05) is 36.0 Å². The predicted octanol–water partition coefficient (Wildman–Crippen LogP) is 4.31. The maximum absolute atomic E-state index is 13.5. The Bertz CT molecular complexity index is 1170. The average Bonchev–Trinajstić information content (AvgIpc) is 3.05. The molecular formula is C27H29FN4O2. The molecule has 0 atom stereocenters. The van der Waals surface area contributed by atoms with E-state index in [-0.39, 0.29) is 23.7 Å². The number of benzene rings is 2. The summed E-state index contributed by atoms with van der Waals surface area (Å²) >= 11 is 0. The minimum absolute atomic E-state index is 0.0469. The normalized spacial score (nSPS) is 16.6. The van der Waals surface area contributed by atoms with Crippen molar-refractivity contribution in [2.24, 2.45) is 0 Å². The van der Waals surface area contributed by atoms with E-state index < -0.39 is 0 Å². The molecule has 176 valence electrons. The second-order valence-electron chi connectivity index (χ2n) is 9.13. The Morgan fingerprint density at radius 2 is 1.62 bits per heavy atom. The highest BCUT2D eigenvalue weighted by atomic mass is 19.1. The minimum atomic E-state index is -0.291.